The predicted molar refractivity (Wildman–Crippen MR) is 68.3 cm³/mol. The van der Waals surface area contributed by atoms with Crippen molar-refractivity contribution in [3.05, 3.63) is 30.4 Å². The summed E-state index contributed by atoms with van der Waals surface area (Å²) < 4.78 is 1.63. The molecule has 0 saturated carbocycles. The van der Waals surface area contributed by atoms with E-state index in [0.29, 0.717) is 16.4 Å². The highest BCUT2D eigenvalue weighted by Crippen LogP contribution is 2.12. The normalized spacial score (nSPS) is 11.7. The molecule has 5 nitrogen and oxygen atoms in total. The molecule has 90 valence electrons. The standard InChI is InChI=1S/C11H13BrN4O/c1-11(2,7-12)15-10(17)8-5-14-16-4-3-13-6-9(8)16/h3-6H,7H2,1-2H3,(H,15,17). The van der Waals surface area contributed by atoms with Gasteiger partial charge in [0, 0.05) is 23.3 Å². The maximum Gasteiger partial charge on any atom is 0.255 e. The zero-order valence-corrected chi connectivity index (χ0v) is 11.2. The quantitative estimate of drug-likeness (QED) is 0.876. The van der Waals surface area contributed by atoms with E-state index >= 15 is 0 Å². The first-order valence-corrected chi connectivity index (χ1v) is 6.31. The monoisotopic (exact) mass is 296 g/mol. The summed E-state index contributed by atoms with van der Waals surface area (Å²) in [5.41, 5.74) is 0.940. The number of amides is 1. The van der Waals surface area contributed by atoms with Gasteiger partial charge in [-0.05, 0) is 13.8 Å². The molecule has 2 rings (SSSR count). The molecule has 2 aromatic heterocycles. The van der Waals surface area contributed by atoms with Crippen molar-refractivity contribution in [1.82, 2.24) is 19.9 Å². The zero-order chi connectivity index (χ0) is 12.5. The van der Waals surface area contributed by atoms with Gasteiger partial charge in [0.15, 0.2) is 0 Å². The minimum Gasteiger partial charge on any atom is -0.346 e. The van der Waals surface area contributed by atoms with Gasteiger partial charge in [-0.3, -0.25) is 9.78 Å². The van der Waals surface area contributed by atoms with Gasteiger partial charge in [0.1, 0.15) is 0 Å². The smallest absolute Gasteiger partial charge is 0.255 e. The molecule has 0 spiro atoms. The van der Waals surface area contributed by atoms with Crippen LogP contribution < -0.4 is 5.32 Å². The highest BCUT2D eigenvalue weighted by Gasteiger charge is 2.21. The van der Waals surface area contributed by atoms with Crippen LogP contribution in [0.5, 0.6) is 0 Å². The van der Waals surface area contributed by atoms with E-state index in [9.17, 15) is 4.79 Å². The Labute approximate surface area is 107 Å². The summed E-state index contributed by atoms with van der Waals surface area (Å²) in [5.74, 6) is -0.141. The van der Waals surface area contributed by atoms with Crippen LogP contribution in [0.3, 0.4) is 0 Å². The summed E-state index contributed by atoms with van der Waals surface area (Å²) >= 11 is 3.36. The number of carbonyl (C=O) groups excluding carboxylic acids is 1. The van der Waals surface area contributed by atoms with Crippen molar-refractivity contribution in [3.63, 3.8) is 0 Å². The average molecular weight is 297 g/mol. The summed E-state index contributed by atoms with van der Waals surface area (Å²) in [5, 5.41) is 7.72. The summed E-state index contributed by atoms with van der Waals surface area (Å²) in [6.45, 7) is 3.90. The lowest BCUT2D eigenvalue weighted by Crippen LogP contribution is -2.44. The van der Waals surface area contributed by atoms with Crippen molar-refractivity contribution in [2.45, 2.75) is 19.4 Å². The van der Waals surface area contributed by atoms with Crippen LogP contribution in [0.1, 0.15) is 24.2 Å². The summed E-state index contributed by atoms with van der Waals surface area (Å²) in [4.78, 5) is 16.1. The second-order valence-electron chi connectivity index (χ2n) is 4.44. The van der Waals surface area contributed by atoms with Crippen LogP contribution in [0.25, 0.3) is 5.52 Å². The molecular weight excluding hydrogens is 284 g/mol. The molecule has 0 unspecified atom stereocenters. The Morgan fingerprint density at radius 1 is 1.53 bits per heavy atom. The van der Waals surface area contributed by atoms with E-state index in [1.807, 2.05) is 13.8 Å². The van der Waals surface area contributed by atoms with E-state index < -0.39 is 0 Å². The molecular formula is C11H13BrN4O. The second-order valence-corrected chi connectivity index (χ2v) is 5.00. The van der Waals surface area contributed by atoms with Gasteiger partial charge in [0.25, 0.3) is 5.91 Å². The fraction of sp³-hybridized carbons (Fsp3) is 0.364. The topological polar surface area (TPSA) is 59.3 Å². The molecule has 0 radical (unpaired) electrons. The first kappa shape index (κ1) is 12.0. The predicted octanol–water partition coefficient (Wildman–Crippen LogP) is 1.63. The molecule has 1 N–H and O–H groups in total. The van der Waals surface area contributed by atoms with Gasteiger partial charge in [-0.1, -0.05) is 15.9 Å². The van der Waals surface area contributed by atoms with Crippen LogP contribution >= 0.6 is 15.9 Å². The van der Waals surface area contributed by atoms with Crippen molar-refractivity contribution in [3.8, 4) is 0 Å². The number of aromatic nitrogens is 3. The van der Waals surface area contributed by atoms with Crippen LogP contribution in [-0.2, 0) is 0 Å². The largest absolute Gasteiger partial charge is 0.346 e. The van der Waals surface area contributed by atoms with E-state index in [1.54, 1.807) is 29.3 Å². The number of hydrogen-bond acceptors (Lipinski definition) is 3. The molecule has 0 saturated heterocycles. The van der Waals surface area contributed by atoms with E-state index in [4.69, 9.17) is 0 Å². The third-order valence-corrected chi connectivity index (χ3v) is 3.76. The maximum absolute atomic E-state index is 12.1. The number of hydrogen-bond donors (Lipinski definition) is 1. The van der Waals surface area contributed by atoms with Crippen molar-refractivity contribution < 1.29 is 4.79 Å². The number of fused-ring (bicyclic) bond motifs is 1. The Hall–Kier alpha value is -1.43. The van der Waals surface area contributed by atoms with Crippen molar-refractivity contribution in [2.75, 3.05) is 5.33 Å². The number of rotatable bonds is 3. The third kappa shape index (κ3) is 2.46. The Bertz CT molecular complexity index is 549. The van der Waals surface area contributed by atoms with Gasteiger partial charge in [0.2, 0.25) is 0 Å². The first-order valence-electron chi connectivity index (χ1n) is 5.19. The number of halogens is 1. The van der Waals surface area contributed by atoms with Crippen LogP contribution in [0.15, 0.2) is 24.8 Å². The van der Waals surface area contributed by atoms with Gasteiger partial charge in [-0.15, -0.1) is 0 Å². The lowest BCUT2D eigenvalue weighted by atomic mass is 10.1. The number of alkyl halides is 1. The van der Waals surface area contributed by atoms with E-state index in [1.165, 1.54) is 0 Å². The van der Waals surface area contributed by atoms with Gasteiger partial charge in [-0.2, -0.15) is 5.10 Å². The number of nitrogens with one attached hydrogen (secondary N) is 1. The lowest BCUT2D eigenvalue weighted by Gasteiger charge is -2.23. The minimum atomic E-state index is -0.298. The highest BCUT2D eigenvalue weighted by atomic mass is 79.9. The molecule has 2 aromatic rings. The summed E-state index contributed by atoms with van der Waals surface area (Å²) in [7, 11) is 0. The van der Waals surface area contributed by atoms with E-state index in [2.05, 4.69) is 31.3 Å². The first-order chi connectivity index (χ1) is 8.03. The van der Waals surface area contributed by atoms with Gasteiger partial charge >= 0.3 is 0 Å². The Kier molecular flexibility index (Phi) is 3.15. The molecule has 0 bridgehead atoms. The Morgan fingerprint density at radius 3 is 3.00 bits per heavy atom. The van der Waals surface area contributed by atoms with Gasteiger partial charge in [0.05, 0.1) is 23.5 Å². The molecule has 0 aliphatic carbocycles. The van der Waals surface area contributed by atoms with E-state index in [-0.39, 0.29) is 11.4 Å². The number of carbonyl (C=O) groups is 1. The molecule has 17 heavy (non-hydrogen) atoms. The second kappa shape index (κ2) is 4.44. The molecule has 1 amide bonds. The van der Waals surface area contributed by atoms with Crippen LogP contribution in [-0.4, -0.2) is 31.4 Å². The fourth-order valence-corrected chi connectivity index (χ4v) is 1.56. The summed E-state index contributed by atoms with van der Waals surface area (Å²) in [6.07, 6.45) is 6.52. The fourth-order valence-electron chi connectivity index (χ4n) is 1.42. The molecule has 0 aliphatic heterocycles. The lowest BCUT2D eigenvalue weighted by molar-refractivity contribution is 0.0923. The SMILES string of the molecule is CC(C)(CBr)NC(=O)c1cnn2ccncc12. The maximum atomic E-state index is 12.1. The van der Waals surface area contributed by atoms with Gasteiger partial charge in [-0.25, -0.2) is 4.52 Å². The van der Waals surface area contributed by atoms with Crippen molar-refractivity contribution >= 4 is 27.4 Å². The third-order valence-electron chi connectivity index (χ3n) is 2.36. The van der Waals surface area contributed by atoms with Crippen LogP contribution in [0.4, 0.5) is 0 Å². The molecule has 6 heteroatoms. The van der Waals surface area contributed by atoms with Crippen LogP contribution in [0.2, 0.25) is 0 Å². The van der Waals surface area contributed by atoms with Crippen molar-refractivity contribution in [2.24, 2.45) is 0 Å². The van der Waals surface area contributed by atoms with Crippen LogP contribution in [0, 0.1) is 0 Å². The minimum absolute atomic E-state index is 0.141. The molecule has 0 fully saturated rings. The highest BCUT2D eigenvalue weighted by molar-refractivity contribution is 9.09. The average Bonchev–Trinajstić information content (AvgIpc) is 2.72. The molecule has 2 heterocycles. The molecule has 0 aliphatic rings. The zero-order valence-electron chi connectivity index (χ0n) is 9.64. The Morgan fingerprint density at radius 2 is 2.29 bits per heavy atom. The van der Waals surface area contributed by atoms with Gasteiger partial charge < -0.3 is 5.32 Å². The van der Waals surface area contributed by atoms with E-state index in [0.717, 1.165) is 0 Å². The molecule has 0 aromatic carbocycles. The molecule has 0 atom stereocenters. The van der Waals surface area contributed by atoms with Crippen molar-refractivity contribution in [1.29, 1.82) is 0 Å². The Balaban J connectivity index is 2.31. The number of nitrogens with zero attached hydrogens (tertiary/aromatic N) is 3. The summed E-state index contributed by atoms with van der Waals surface area (Å²) in [6, 6.07) is 0.